The van der Waals surface area contributed by atoms with E-state index in [2.05, 4.69) is 20.8 Å². The molecule has 2 heterocycles. The van der Waals surface area contributed by atoms with Gasteiger partial charge in [-0.1, -0.05) is 11.3 Å². The predicted molar refractivity (Wildman–Crippen MR) is 68.5 cm³/mol. The van der Waals surface area contributed by atoms with E-state index in [0.29, 0.717) is 12.3 Å². The van der Waals surface area contributed by atoms with Crippen LogP contribution in [0.5, 0.6) is 0 Å². The zero-order valence-electron chi connectivity index (χ0n) is 10.7. The Hall–Kier alpha value is -1.22. The van der Waals surface area contributed by atoms with Crippen LogP contribution in [-0.4, -0.2) is 35.4 Å². The molecule has 0 bridgehead atoms. The first-order valence-corrected chi connectivity index (χ1v) is 7.14. The minimum absolute atomic E-state index is 0.124. The third-order valence-electron chi connectivity index (χ3n) is 3.01. The van der Waals surface area contributed by atoms with E-state index < -0.39 is 12.6 Å². The average Bonchev–Trinajstić information content (AvgIpc) is 2.96. The average molecular weight is 308 g/mol. The Bertz CT molecular complexity index is 457. The van der Waals surface area contributed by atoms with Crippen LogP contribution in [0.2, 0.25) is 0 Å². The number of rotatable bonds is 5. The maximum Gasteiger partial charge on any atom is 0.395 e. The fourth-order valence-corrected chi connectivity index (χ4v) is 2.81. The molecule has 2 rings (SSSR count). The third kappa shape index (κ3) is 5.04. The molecule has 2 N–H and O–H groups in total. The molecule has 1 aliphatic heterocycles. The number of amides is 1. The van der Waals surface area contributed by atoms with Gasteiger partial charge < -0.3 is 10.6 Å². The second kappa shape index (κ2) is 6.49. The first kappa shape index (κ1) is 15.2. The number of nitrogens with one attached hydrogen (secondary N) is 2. The number of hydrogen-bond acceptors (Lipinski definition) is 5. The summed E-state index contributed by atoms with van der Waals surface area (Å²) in [6, 6.07) is 0. The molecule has 1 atom stereocenters. The monoisotopic (exact) mass is 308 g/mol. The fraction of sp³-hybridized carbons (Fsp3) is 0.727. The summed E-state index contributed by atoms with van der Waals surface area (Å²) >= 11 is 0.760. The standard InChI is InChI=1S/C11H15F3N4OS/c12-11(13,14)5-9-17-18-10(20-9)16-8(19)2-1-7-3-4-15-6-7/h7,15H,1-6H2,(H,16,18,19). The normalized spacial score (nSPS) is 19.2. The molecule has 0 spiro atoms. The molecule has 1 aromatic rings. The Morgan fingerprint density at radius 3 is 2.90 bits per heavy atom. The van der Waals surface area contributed by atoms with E-state index in [1.807, 2.05) is 0 Å². The number of hydrogen-bond donors (Lipinski definition) is 2. The number of carbonyl (C=O) groups excluding carboxylic acids is 1. The molecule has 0 radical (unpaired) electrons. The summed E-state index contributed by atoms with van der Waals surface area (Å²) < 4.78 is 36.5. The Morgan fingerprint density at radius 2 is 2.25 bits per heavy atom. The second-order valence-electron chi connectivity index (χ2n) is 4.74. The molecule has 112 valence electrons. The predicted octanol–water partition coefficient (Wildman–Crippen LogP) is 1.97. The number of alkyl halides is 3. The molecule has 1 fully saturated rings. The van der Waals surface area contributed by atoms with Crippen LogP contribution in [0, 0.1) is 5.92 Å². The van der Waals surface area contributed by atoms with E-state index in [1.54, 1.807) is 0 Å². The maximum absolute atomic E-state index is 12.2. The van der Waals surface area contributed by atoms with Crippen molar-refractivity contribution in [3.63, 3.8) is 0 Å². The zero-order chi connectivity index (χ0) is 14.6. The highest BCUT2D eigenvalue weighted by molar-refractivity contribution is 7.15. The first-order valence-electron chi connectivity index (χ1n) is 6.32. The van der Waals surface area contributed by atoms with E-state index >= 15 is 0 Å². The van der Waals surface area contributed by atoms with Gasteiger partial charge in [0.1, 0.15) is 5.01 Å². The number of aromatic nitrogens is 2. The molecule has 0 aromatic carbocycles. The van der Waals surface area contributed by atoms with Crippen molar-refractivity contribution in [2.24, 2.45) is 5.92 Å². The number of nitrogens with zero attached hydrogens (tertiary/aromatic N) is 2. The second-order valence-corrected chi connectivity index (χ2v) is 5.80. The van der Waals surface area contributed by atoms with Gasteiger partial charge in [-0.25, -0.2) is 0 Å². The van der Waals surface area contributed by atoms with Crippen molar-refractivity contribution in [1.82, 2.24) is 15.5 Å². The van der Waals surface area contributed by atoms with Gasteiger partial charge in [-0.3, -0.25) is 4.79 Å². The highest BCUT2D eigenvalue weighted by Crippen LogP contribution is 2.25. The molecule has 5 nitrogen and oxygen atoms in total. The maximum atomic E-state index is 12.2. The lowest BCUT2D eigenvalue weighted by atomic mass is 10.0. The van der Waals surface area contributed by atoms with E-state index in [9.17, 15) is 18.0 Å². The molecule has 0 saturated carbocycles. The van der Waals surface area contributed by atoms with Crippen LogP contribution < -0.4 is 10.6 Å². The molecular weight excluding hydrogens is 293 g/mol. The van der Waals surface area contributed by atoms with Crippen LogP contribution in [0.1, 0.15) is 24.3 Å². The summed E-state index contributed by atoms with van der Waals surface area (Å²) in [7, 11) is 0. The SMILES string of the molecule is O=C(CCC1CCNC1)Nc1nnc(CC(F)(F)F)s1. The van der Waals surface area contributed by atoms with Gasteiger partial charge in [-0.15, -0.1) is 10.2 Å². The molecule has 1 amide bonds. The van der Waals surface area contributed by atoms with Crippen molar-refractivity contribution in [2.75, 3.05) is 18.4 Å². The largest absolute Gasteiger partial charge is 0.395 e. The van der Waals surface area contributed by atoms with Crippen molar-refractivity contribution in [2.45, 2.75) is 31.9 Å². The van der Waals surface area contributed by atoms with Crippen LogP contribution in [0.3, 0.4) is 0 Å². The molecule has 0 aliphatic carbocycles. The first-order chi connectivity index (χ1) is 9.42. The molecule has 20 heavy (non-hydrogen) atoms. The van der Waals surface area contributed by atoms with Gasteiger partial charge >= 0.3 is 6.18 Å². The highest BCUT2D eigenvalue weighted by atomic mass is 32.1. The molecule has 1 unspecified atom stereocenters. The third-order valence-corrected chi connectivity index (χ3v) is 3.85. The molecule has 1 saturated heterocycles. The minimum atomic E-state index is -4.31. The van der Waals surface area contributed by atoms with E-state index in [4.69, 9.17) is 0 Å². The Labute approximate surface area is 118 Å². The lowest BCUT2D eigenvalue weighted by molar-refractivity contribution is -0.127. The molecule has 1 aromatic heterocycles. The molecule has 1 aliphatic rings. The number of anilines is 1. The quantitative estimate of drug-likeness (QED) is 0.873. The van der Waals surface area contributed by atoms with Crippen LogP contribution in [0.15, 0.2) is 0 Å². The van der Waals surface area contributed by atoms with Gasteiger partial charge in [0.15, 0.2) is 0 Å². The molecular formula is C11H15F3N4OS. The van der Waals surface area contributed by atoms with Crippen LogP contribution in [0.4, 0.5) is 18.3 Å². The summed E-state index contributed by atoms with van der Waals surface area (Å²) in [6.45, 7) is 1.89. The van der Waals surface area contributed by atoms with Crippen molar-refractivity contribution in [1.29, 1.82) is 0 Å². The van der Waals surface area contributed by atoms with Gasteiger partial charge in [0.25, 0.3) is 0 Å². The minimum Gasteiger partial charge on any atom is -0.316 e. The van der Waals surface area contributed by atoms with E-state index in [-0.39, 0.29) is 16.0 Å². The van der Waals surface area contributed by atoms with Crippen LogP contribution >= 0.6 is 11.3 Å². The smallest absolute Gasteiger partial charge is 0.316 e. The van der Waals surface area contributed by atoms with Gasteiger partial charge in [0.2, 0.25) is 11.0 Å². The summed E-state index contributed by atoms with van der Waals surface area (Å²) in [5.74, 6) is 0.266. The highest BCUT2D eigenvalue weighted by Gasteiger charge is 2.30. The van der Waals surface area contributed by atoms with Crippen LogP contribution in [-0.2, 0) is 11.2 Å². The lowest BCUT2D eigenvalue weighted by Crippen LogP contribution is -2.14. The van der Waals surface area contributed by atoms with Gasteiger partial charge in [-0.05, 0) is 31.8 Å². The Kier molecular flexibility index (Phi) is 4.92. The van der Waals surface area contributed by atoms with Crippen molar-refractivity contribution >= 4 is 22.4 Å². The summed E-state index contributed by atoms with van der Waals surface area (Å²) in [4.78, 5) is 11.6. The van der Waals surface area contributed by atoms with Gasteiger partial charge in [-0.2, -0.15) is 13.2 Å². The molecule has 9 heteroatoms. The topological polar surface area (TPSA) is 66.9 Å². The van der Waals surface area contributed by atoms with E-state index in [0.717, 1.165) is 37.3 Å². The lowest BCUT2D eigenvalue weighted by Gasteiger charge is -2.06. The van der Waals surface area contributed by atoms with E-state index in [1.165, 1.54) is 0 Å². The summed E-state index contributed by atoms with van der Waals surface area (Å²) in [6.07, 6.45) is -3.25. The van der Waals surface area contributed by atoms with Crippen LogP contribution in [0.25, 0.3) is 0 Å². The van der Waals surface area contributed by atoms with Crippen molar-refractivity contribution in [3.05, 3.63) is 5.01 Å². The van der Waals surface area contributed by atoms with Gasteiger partial charge in [0, 0.05) is 6.42 Å². The van der Waals surface area contributed by atoms with Crippen molar-refractivity contribution in [3.8, 4) is 0 Å². The fourth-order valence-electron chi connectivity index (χ4n) is 2.02. The number of carbonyl (C=O) groups is 1. The zero-order valence-corrected chi connectivity index (χ0v) is 11.5. The van der Waals surface area contributed by atoms with Crippen molar-refractivity contribution < 1.29 is 18.0 Å². The van der Waals surface area contributed by atoms with Gasteiger partial charge in [0.05, 0.1) is 6.42 Å². The summed E-state index contributed by atoms with van der Waals surface area (Å²) in [5.41, 5.74) is 0. The Morgan fingerprint density at radius 1 is 1.45 bits per heavy atom. The summed E-state index contributed by atoms with van der Waals surface area (Å²) in [5, 5.41) is 12.6. The Balaban J connectivity index is 1.76. The number of halogens is 3.